The standard InChI is InChI=1S/C14H25N3/c1-4-12-7-5-6-8-14(12)17-11(3)13(9-15)10(2)16-17/h12,14H,4-9,15H2,1-3H3. The first kappa shape index (κ1) is 12.6. The topological polar surface area (TPSA) is 43.8 Å². The lowest BCUT2D eigenvalue weighted by molar-refractivity contribution is 0.214. The monoisotopic (exact) mass is 235 g/mol. The van der Waals surface area contributed by atoms with Crippen molar-refractivity contribution in [2.24, 2.45) is 11.7 Å². The van der Waals surface area contributed by atoms with Crippen molar-refractivity contribution in [3.8, 4) is 0 Å². The first-order valence-electron chi connectivity index (χ1n) is 6.93. The summed E-state index contributed by atoms with van der Waals surface area (Å²) in [5.74, 6) is 0.798. The zero-order valence-electron chi connectivity index (χ0n) is 11.4. The summed E-state index contributed by atoms with van der Waals surface area (Å²) in [6, 6.07) is 0.604. The van der Waals surface area contributed by atoms with Crippen molar-refractivity contribution in [2.75, 3.05) is 0 Å². The van der Waals surface area contributed by atoms with Gasteiger partial charge >= 0.3 is 0 Å². The normalized spacial score (nSPS) is 25.2. The lowest BCUT2D eigenvalue weighted by Gasteiger charge is -2.32. The predicted octanol–water partition coefficient (Wildman–Crippen LogP) is 3.10. The van der Waals surface area contributed by atoms with Crippen molar-refractivity contribution in [3.63, 3.8) is 0 Å². The van der Waals surface area contributed by atoms with E-state index in [2.05, 4.69) is 25.5 Å². The van der Waals surface area contributed by atoms with E-state index in [9.17, 15) is 0 Å². The first-order valence-corrected chi connectivity index (χ1v) is 6.93. The lowest BCUT2D eigenvalue weighted by Crippen LogP contribution is -2.24. The van der Waals surface area contributed by atoms with Gasteiger partial charge in [0.1, 0.15) is 0 Å². The molecule has 0 amide bonds. The second kappa shape index (κ2) is 5.21. The van der Waals surface area contributed by atoms with Crippen molar-refractivity contribution in [2.45, 2.75) is 65.5 Å². The number of hydrogen-bond acceptors (Lipinski definition) is 2. The Morgan fingerprint density at radius 3 is 2.59 bits per heavy atom. The molecule has 1 aromatic rings. The van der Waals surface area contributed by atoms with E-state index in [1.54, 1.807) is 0 Å². The van der Waals surface area contributed by atoms with Crippen LogP contribution in [0.5, 0.6) is 0 Å². The van der Waals surface area contributed by atoms with Crippen LogP contribution in [0.25, 0.3) is 0 Å². The third-order valence-electron chi connectivity index (χ3n) is 4.39. The van der Waals surface area contributed by atoms with E-state index in [0.717, 1.165) is 11.6 Å². The van der Waals surface area contributed by atoms with Crippen LogP contribution in [0, 0.1) is 19.8 Å². The van der Waals surface area contributed by atoms with E-state index >= 15 is 0 Å². The Kier molecular flexibility index (Phi) is 3.87. The molecule has 1 aliphatic rings. The van der Waals surface area contributed by atoms with Gasteiger partial charge in [0, 0.05) is 17.8 Å². The van der Waals surface area contributed by atoms with Gasteiger partial charge in [-0.25, -0.2) is 0 Å². The number of hydrogen-bond donors (Lipinski definition) is 1. The predicted molar refractivity (Wildman–Crippen MR) is 70.9 cm³/mol. The Balaban J connectivity index is 2.31. The van der Waals surface area contributed by atoms with Crippen molar-refractivity contribution >= 4 is 0 Å². The second-order valence-electron chi connectivity index (χ2n) is 5.32. The minimum atomic E-state index is 0.604. The van der Waals surface area contributed by atoms with Gasteiger partial charge in [-0.05, 0) is 32.6 Å². The molecule has 1 heterocycles. The van der Waals surface area contributed by atoms with E-state index in [1.807, 2.05) is 0 Å². The molecule has 17 heavy (non-hydrogen) atoms. The molecule has 0 spiro atoms. The molecule has 0 aromatic carbocycles. The summed E-state index contributed by atoms with van der Waals surface area (Å²) in [4.78, 5) is 0. The van der Waals surface area contributed by atoms with Gasteiger partial charge in [-0.1, -0.05) is 26.2 Å². The fourth-order valence-corrected chi connectivity index (χ4v) is 3.30. The third kappa shape index (κ3) is 2.25. The summed E-state index contributed by atoms with van der Waals surface area (Å²) >= 11 is 0. The van der Waals surface area contributed by atoms with E-state index < -0.39 is 0 Å². The van der Waals surface area contributed by atoms with E-state index in [4.69, 9.17) is 10.8 Å². The molecule has 1 saturated carbocycles. The summed E-state index contributed by atoms with van der Waals surface area (Å²) in [6.07, 6.45) is 6.64. The summed E-state index contributed by atoms with van der Waals surface area (Å²) in [5, 5.41) is 4.74. The Bertz CT molecular complexity index is 381. The highest BCUT2D eigenvalue weighted by Crippen LogP contribution is 2.36. The molecule has 1 aromatic heterocycles. The van der Waals surface area contributed by atoms with Crippen LogP contribution in [-0.2, 0) is 6.54 Å². The minimum Gasteiger partial charge on any atom is -0.326 e. The van der Waals surface area contributed by atoms with E-state index in [0.29, 0.717) is 12.6 Å². The van der Waals surface area contributed by atoms with Crippen LogP contribution >= 0.6 is 0 Å². The highest BCUT2D eigenvalue weighted by atomic mass is 15.3. The molecule has 2 unspecified atom stereocenters. The number of aromatic nitrogens is 2. The smallest absolute Gasteiger partial charge is 0.0641 e. The Hall–Kier alpha value is -0.830. The summed E-state index contributed by atoms with van der Waals surface area (Å²) < 4.78 is 2.27. The van der Waals surface area contributed by atoms with Gasteiger partial charge < -0.3 is 5.73 Å². The highest BCUT2D eigenvalue weighted by Gasteiger charge is 2.27. The average molecular weight is 235 g/mol. The number of rotatable bonds is 3. The molecule has 3 heteroatoms. The first-order chi connectivity index (χ1) is 8.19. The van der Waals surface area contributed by atoms with Crippen LogP contribution in [0.3, 0.4) is 0 Å². The quantitative estimate of drug-likeness (QED) is 0.875. The SMILES string of the molecule is CCC1CCCCC1n1nc(C)c(CN)c1C. The zero-order chi connectivity index (χ0) is 12.4. The molecule has 0 radical (unpaired) electrons. The van der Waals surface area contributed by atoms with Crippen LogP contribution in [0.15, 0.2) is 0 Å². The average Bonchev–Trinajstić information content (AvgIpc) is 2.64. The Morgan fingerprint density at radius 2 is 2.00 bits per heavy atom. The number of nitrogens with zero attached hydrogens (tertiary/aromatic N) is 2. The van der Waals surface area contributed by atoms with Gasteiger partial charge in [0.15, 0.2) is 0 Å². The van der Waals surface area contributed by atoms with Crippen LogP contribution < -0.4 is 5.73 Å². The van der Waals surface area contributed by atoms with Crippen LogP contribution in [0.2, 0.25) is 0 Å². The van der Waals surface area contributed by atoms with Crippen molar-refractivity contribution in [1.82, 2.24) is 9.78 Å². The molecular formula is C14H25N3. The Morgan fingerprint density at radius 1 is 1.29 bits per heavy atom. The van der Waals surface area contributed by atoms with Gasteiger partial charge in [0.2, 0.25) is 0 Å². The van der Waals surface area contributed by atoms with Gasteiger partial charge in [-0.15, -0.1) is 0 Å². The highest BCUT2D eigenvalue weighted by molar-refractivity contribution is 5.24. The molecule has 2 rings (SSSR count). The number of nitrogens with two attached hydrogens (primary N) is 1. The molecule has 1 fully saturated rings. The fourth-order valence-electron chi connectivity index (χ4n) is 3.30. The summed E-state index contributed by atoms with van der Waals surface area (Å²) in [7, 11) is 0. The third-order valence-corrected chi connectivity index (χ3v) is 4.39. The fraction of sp³-hybridized carbons (Fsp3) is 0.786. The Labute approximate surface area is 104 Å². The van der Waals surface area contributed by atoms with Crippen LogP contribution in [0.4, 0.5) is 0 Å². The minimum absolute atomic E-state index is 0.604. The van der Waals surface area contributed by atoms with Crippen molar-refractivity contribution < 1.29 is 0 Å². The number of aryl methyl sites for hydroxylation is 1. The molecule has 0 aliphatic heterocycles. The summed E-state index contributed by atoms with van der Waals surface area (Å²) in [5.41, 5.74) is 9.45. The van der Waals surface area contributed by atoms with Crippen LogP contribution in [0.1, 0.15) is 62.0 Å². The van der Waals surface area contributed by atoms with E-state index in [1.165, 1.54) is 43.4 Å². The molecule has 2 atom stereocenters. The maximum absolute atomic E-state index is 5.81. The van der Waals surface area contributed by atoms with Crippen molar-refractivity contribution in [1.29, 1.82) is 0 Å². The maximum Gasteiger partial charge on any atom is 0.0641 e. The largest absolute Gasteiger partial charge is 0.326 e. The van der Waals surface area contributed by atoms with Gasteiger partial charge in [-0.2, -0.15) is 5.10 Å². The van der Waals surface area contributed by atoms with Gasteiger partial charge in [0.25, 0.3) is 0 Å². The zero-order valence-corrected chi connectivity index (χ0v) is 11.4. The van der Waals surface area contributed by atoms with Gasteiger partial charge in [-0.3, -0.25) is 4.68 Å². The van der Waals surface area contributed by atoms with Crippen LogP contribution in [-0.4, -0.2) is 9.78 Å². The molecule has 96 valence electrons. The molecule has 0 saturated heterocycles. The molecular weight excluding hydrogens is 210 g/mol. The van der Waals surface area contributed by atoms with Crippen molar-refractivity contribution in [3.05, 3.63) is 17.0 Å². The lowest BCUT2D eigenvalue weighted by atomic mass is 9.83. The second-order valence-corrected chi connectivity index (χ2v) is 5.32. The molecule has 2 N–H and O–H groups in total. The van der Waals surface area contributed by atoms with E-state index in [-0.39, 0.29) is 0 Å². The molecule has 1 aliphatic carbocycles. The maximum atomic E-state index is 5.81. The summed E-state index contributed by atoms with van der Waals surface area (Å²) in [6.45, 7) is 7.17. The van der Waals surface area contributed by atoms with Gasteiger partial charge in [0.05, 0.1) is 11.7 Å². The molecule has 0 bridgehead atoms. The molecule has 3 nitrogen and oxygen atoms in total.